The van der Waals surface area contributed by atoms with Gasteiger partial charge in [0.2, 0.25) is 5.13 Å². The van der Waals surface area contributed by atoms with Crippen molar-refractivity contribution in [1.29, 1.82) is 0 Å². The van der Waals surface area contributed by atoms with Gasteiger partial charge in [-0.05, 0) is 6.42 Å². The van der Waals surface area contributed by atoms with E-state index >= 15 is 0 Å². The highest BCUT2D eigenvalue weighted by atomic mass is 32.1. The van der Waals surface area contributed by atoms with Crippen LogP contribution in [-0.4, -0.2) is 30.5 Å². The maximum absolute atomic E-state index is 5.40. The minimum atomic E-state index is 0.456. The third-order valence-corrected chi connectivity index (χ3v) is 2.35. The SMILES string of the molecule is COCCCNc1nnc(CN)s1. The molecule has 6 heteroatoms. The number of aromatic nitrogens is 2. The zero-order valence-corrected chi connectivity index (χ0v) is 8.43. The van der Waals surface area contributed by atoms with Gasteiger partial charge in [-0.25, -0.2) is 0 Å². The first-order valence-corrected chi connectivity index (χ1v) is 4.93. The summed E-state index contributed by atoms with van der Waals surface area (Å²) in [7, 11) is 1.69. The molecule has 0 aliphatic carbocycles. The van der Waals surface area contributed by atoms with Gasteiger partial charge in [-0.3, -0.25) is 0 Å². The lowest BCUT2D eigenvalue weighted by Gasteiger charge is -1.99. The molecule has 0 spiro atoms. The van der Waals surface area contributed by atoms with Gasteiger partial charge in [0, 0.05) is 26.8 Å². The van der Waals surface area contributed by atoms with Crippen LogP contribution in [0, 0.1) is 0 Å². The number of nitrogens with two attached hydrogens (primary N) is 1. The number of methoxy groups -OCH3 is 1. The molecule has 1 heterocycles. The molecule has 0 unspecified atom stereocenters. The van der Waals surface area contributed by atoms with Gasteiger partial charge in [-0.15, -0.1) is 10.2 Å². The minimum absolute atomic E-state index is 0.456. The van der Waals surface area contributed by atoms with Gasteiger partial charge < -0.3 is 15.8 Å². The monoisotopic (exact) mass is 202 g/mol. The second-order valence-corrected chi connectivity index (χ2v) is 3.54. The average molecular weight is 202 g/mol. The van der Waals surface area contributed by atoms with Crippen LogP contribution in [-0.2, 0) is 11.3 Å². The van der Waals surface area contributed by atoms with Crippen LogP contribution in [0.3, 0.4) is 0 Å². The molecule has 0 atom stereocenters. The van der Waals surface area contributed by atoms with Crippen LogP contribution < -0.4 is 11.1 Å². The van der Waals surface area contributed by atoms with Crippen molar-refractivity contribution < 1.29 is 4.74 Å². The number of ether oxygens (including phenoxy) is 1. The van der Waals surface area contributed by atoms with Crippen molar-refractivity contribution in [2.45, 2.75) is 13.0 Å². The minimum Gasteiger partial charge on any atom is -0.385 e. The molecule has 0 fully saturated rings. The first-order chi connectivity index (χ1) is 6.36. The summed E-state index contributed by atoms with van der Waals surface area (Å²) in [5.41, 5.74) is 5.40. The molecule has 0 aliphatic heterocycles. The van der Waals surface area contributed by atoms with Crippen LogP contribution in [0.15, 0.2) is 0 Å². The average Bonchev–Trinajstić information content (AvgIpc) is 2.60. The molecule has 0 amide bonds. The molecule has 3 N–H and O–H groups in total. The van der Waals surface area contributed by atoms with E-state index in [1.165, 1.54) is 11.3 Å². The number of hydrogen-bond acceptors (Lipinski definition) is 6. The molecule has 5 nitrogen and oxygen atoms in total. The standard InChI is InChI=1S/C7H14N4OS/c1-12-4-2-3-9-7-11-10-6(5-8)13-7/h2-5,8H2,1H3,(H,9,11). The van der Waals surface area contributed by atoms with Crippen molar-refractivity contribution in [2.75, 3.05) is 25.6 Å². The lowest BCUT2D eigenvalue weighted by atomic mass is 10.4. The quantitative estimate of drug-likeness (QED) is 0.655. The van der Waals surface area contributed by atoms with Crippen LogP contribution >= 0.6 is 11.3 Å². The van der Waals surface area contributed by atoms with Crippen molar-refractivity contribution in [2.24, 2.45) is 5.73 Å². The summed E-state index contributed by atoms with van der Waals surface area (Å²) in [6.45, 7) is 2.07. The Balaban J connectivity index is 2.20. The van der Waals surface area contributed by atoms with Crippen molar-refractivity contribution in [3.05, 3.63) is 5.01 Å². The van der Waals surface area contributed by atoms with Crippen LogP contribution in [0.2, 0.25) is 0 Å². The number of nitrogens with zero attached hydrogens (tertiary/aromatic N) is 2. The van der Waals surface area contributed by atoms with Crippen LogP contribution in [0.1, 0.15) is 11.4 Å². The fourth-order valence-electron chi connectivity index (χ4n) is 0.819. The van der Waals surface area contributed by atoms with Gasteiger partial charge in [0.05, 0.1) is 0 Å². The fraction of sp³-hybridized carbons (Fsp3) is 0.714. The van der Waals surface area contributed by atoms with Crippen molar-refractivity contribution in [3.63, 3.8) is 0 Å². The summed E-state index contributed by atoms with van der Waals surface area (Å²) in [6, 6.07) is 0. The zero-order chi connectivity index (χ0) is 9.52. The molecule has 1 aromatic rings. The highest BCUT2D eigenvalue weighted by Crippen LogP contribution is 2.13. The van der Waals surface area contributed by atoms with Crippen LogP contribution in [0.25, 0.3) is 0 Å². The summed E-state index contributed by atoms with van der Waals surface area (Å²) in [6.07, 6.45) is 0.966. The predicted molar refractivity (Wildman–Crippen MR) is 52.8 cm³/mol. The molecule has 1 aromatic heterocycles. The van der Waals surface area contributed by atoms with Crippen molar-refractivity contribution >= 4 is 16.5 Å². The van der Waals surface area contributed by atoms with E-state index in [4.69, 9.17) is 10.5 Å². The fourth-order valence-corrected chi connectivity index (χ4v) is 1.46. The zero-order valence-electron chi connectivity index (χ0n) is 7.62. The second kappa shape index (κ2) is 5.85. The Morgan fingerprint density at radius 2 is 2.38 bits per heavy atom. The molecule has 0 saturated carbocycles. The molecule has 74 valence electrons. The molecule has 0 aliphatic rings. The Kier molecular flexibility index (Phi) is 4.66. The maximum atomic E-state index is 5.40. The highest BCUT2D eigenvalue weighted by Gasteiger charge is 2.00. The smallest absolute Gasteiger partial charge is 0.205 e. The number of rotatable bonds is 6. The third-order valence-electron chi connectivity index (χ3n) is 1.44. The number of anilines is 1. The van der Waals surface area contributed by atoms with E-state index in [-0.39, 0.29) is 0 Å². The van der Waals surface area contributed by atoms with Gasteiger partial charge in [-0.2, -0.15) is 0 Å². The van der Waals surface area contributed by atoms with E-state index in [0.717, 1.165) is 29.7 Å². The Bertz CT molecular complexity index is 240. The van der Waals surface area contributed by atoms with E-state index in [0.29, 0.717) is 6.54 Å². The summed E-state index contributed by atoms with van der Waals surface area (Å²) in [5, 5.41) is 12.6. The molecule has 13 heavy (non-hydrogen) atoms. The number of nitrogens with one attached hydrogen (secondary N) is 1. The molecule has 1 rings (SSSR count). The van der Waals surface area contributed by atoms with Crippen molar-refractivity contribution in [3.8, 4) is 0 Å². The largest absolute Gasteiger partial charge is 0.385 e. The molecule has 0 aromatic carbocycles. The van der Waals surface area contributed by atoms with Gasteiger partial charge >= 0.3 is 0 Å². The highest BCUT2D eigenvalue weighted by molar-refractivity contribution is 7.15. The van der Waals surface area contributed by atoms with Crippen LogP contribution in [0.5, 0.6) is 0 Å². The summed E-state index contributed by atoms with van der Waals surface area (Å²) < 4.78 is 4.91. The Morgan fingerprint density at radius 1 is 1.54 bits per heavy atom. The van der Waals surface area contributed by atoms with E-state index < -0.39 is 0 Å². The molecule has 0 bridgehead atoms. The molecular weight excluding hydrogens is 188 g/mol. The molecule has 0 radical (unpaired) electrons. The van der Waals surface area contributed by atoms with E-state index in [9.17, 15) is 0 Å². The lowest BCUT2D eigenvalue weighted by Crippen LogP contribution is -2.04. The van der Waals surface area contributed by atoms with E-state index in [2.05, 4.69) is 15.5 Å². The lowest BCUT2D eigenvalue weighted by molar-refractivity contribution is 0.198. The topological polar surface area (TPSA) is 73.1 Å². The Labute approximate surface area is 81.3 Å². The predicted octanol–water partition coefficient (Wildman–Crippen LogP) is 0.445. The van der Waals surface area contributed by atoms with Gasteiger partial charge in [0.1, 0.15) is 5.01 Å². The molecular formula is C7H14N4OS. The first kappa shape index (κ1) is 10.4. The Morgan fingerprint density at radius 3 is 3.00 bits per heavy atom. The normalized spacial score (nSPS) is 10.3. The van der Waals surface area contributed by atoms with E-state index in [1.54, 1.807) is 7.11 Å². The number of hydrogen-bond donors (Lipinski definition) is 2. The first-order valence-electron chi connectivity index (χ1n) is 4.12. The van der Waals surface area contributed by atoms with E-state index in [1.807, 2.05) is 0 Å². The summed E-state index contributed by atoms with van der Waals surface area (Å²) in [4.78, 5) is 0. The van der Waals surface area contributed by atoms with Gasteiger partial charge in [-0.1, -0.05) is 11.3 Å². The summed E-state index contributed by atoms with van der Waals surface area (Å²) >= 11 is 1.49. The van der Waals surface area contributed by atoms with Gasteiger partial charge in [0.25, 0.3) is 0 Å². The van der Waals surface area contributed by atoms with Crippen LogP contribution in [0.4, 0.5) is 5.13 Å². The Hall–Kier alpha value is -0.720. The third kappa shape index (κ3) is 3.67. The van der Waals surface area contributed by atoms with Gasteiger partial charge in [0.15, 0.2) is 0 Å². The molecule has 0 saturated heterocycles. The maximum Gasteiger partial charge on any atom is 0.205 e. The van der Waals surface area contributed by atoms with Crippen molar-refractivity contribution in [1.82, 2.24) is 10.2 Å². The summed E-state index contributed by atoms with van der Waals surface area (Å²) in [5.74, 6) is 0. The second-order valence-electron chi connectivity index (χ2n) is 2.48.